The molecule has 1 saturated heterocycles. The van der Waals surface area contributed by atoms with E-state index < -0.39 is 0 Å². The molecule has 2 aromatic rings. The summed E-state index contributed by atoms with van der Waals surface area (Å²) in [5.74, 6) is 0.423. The van der Waals surface area contributed by atoms with E-state index in [1.54, 1.807) is 0 Å². The molecule has 0 unspecified atom stereocenters. The molecule has 28 heavy (non-hydrogen) atoms. The molecular weight excluding hydrogens is 350 g/mol. The minimum atomic E-state index is -0.0590. The molecule has 0 radical (unpaired) electrons. The fourth-order valence-electron chi connectivity index (χ4n) is 3.50. The van der Waals surface area contributed by atoms with E-state index in [0.29, 0.717) is 32.0 Å². The van der Waals surface area contributed by atoms with Crippen molar-refractivity contribution in [1.82, 2.24) is 10.2 Å². The molecule has 148 valence electrons. The van der Waals surface area contributed by atoms with Crippen molar-refractivity contribution in [3.8, 4) is 0 Å². The molecule has 5 nitrogen and oxygen atoms in total. The number of carbonyl (C=O) groups is 2. The molecule has 0 aromatic heterocycles. The van der Waals surface area contributed by atoms with E-state index in [1.165, 1.54) is 5.56 Å². The van der Waals surface area contributed by atoms with Crippen molar-refractivity contribution in [2.75, 3.05) is 18.4 Å². The van der Waals surface area contributed by atoms with Crippen LogP contribution >= 0.6 is 0 Å². The summed E-state index contributed by atoms with van der Waals surface area (Å²) in [7, 11) is 0. The molecule has 1 aliphatic rings. The highest BCUT2D eigenvalue weighted by Gasteiger charge is 2.24. The largest absolute Gasteiger partial charge is 0.352 e. The number of nitrogens with zero attached hydrogens (tertiary/aromatic N) is 1. The predicted molar refractivity (Wildman–Crippen MR) is 112 cm³/mol. The van der Waals surface area contributed by atoms with E-state index in [9.17, 15) is 9.59 Å². The van der Waals surface area contributed by atoms with Crippen molar-refractivity contribution >= 4 is 17.6 Å². The van der Waals surface area contributed by atoms with Gasteiger partial charge in [0.25, 0.3) is 0 Å². The van der Waals surface area contributed by atoms with Crippen LogP contribution in [0.25, 0.3) is 0 Å². The Morgan fingerprint density at radius 1 is 0.964 bits per heavy atom. The van der Waals surface area contributed by atoms with E-state index in [1.807, 2.05) is 59.5 Å². The summed E-state index contributed by atoms with van der Waals surface area (Å²) in [5, 5.41) is 5.96. The molecule has 2 N–H and O–H groups in total. The minimum Gasteiger partial charge on any atom is -0.352 e. The molecule has 0 spiro atoms. The van der Waals surface area contributed by atoms with Crippen molar-refractivity contribution in [2.24, 2.45) is 5.92 Å². The van der Waals surface area contributed by atoms with Crippen LogP contribution in [0.3, 0.4) is 0 Å². The van der Waals surface area contributed by atoms with Crippen LogP contribution in [0.5, 0.6) is 0 Å². The highest BCUT2D eigenvalue weighted by Crippen LogP contribution is 2.21. The molecule has 1 heterocycles. The summed E-state index contributed by atoms with van der Waals surface area (Å²) in [4.78, 5) is 26.5. The zero-order valence-corrected chi connectivity index (χ0v) is 16.5. The summed E-state index contributed by atoms with van der Waals surface area (Å²) < 4.78 is 0. The van der Waals surface area contributed by atoms with E-state index in [-0.39, 0.29) is 11.9 Å². The number of benzene rings is 2. The van der Waals surface area contributed by atoms with Gasteiger partial charge in [-0.1, -0.05) is 49.4 Å². The maximum absolute atomic E-state index is 12.4. The predicted octanol–water partition coefficient (Wildman–Crippen LogP) is 4.20. The van der Waals surface area contributed by atoms with Crippen LogP contribution in [0, 0.1) is 5.92 Å². The summed E-state index contributed by atoms with van der Waals surface area (Å²) in [6.07, 6.45) is 3.24. The Morgan fingerprint density at radius 3 is 2.29 bits per heavy atom. The number of piperidine rings is 1. The van der Waals surface area contributed by atoms with Gasteiger partial charge >= 0.3 is 6.03 Å². The van der Waals surface area contributed by atoms with Crippen molar-refractivity contribution < 1.29 is 9.59 Å². The molecule has 5 heteroatoms. The quantitative estimate of drug-likeness (QED) is 0.790. The summed E-state index contributed by atoms with van der Waals surface area (Å²) in [6, 6.07) is 17.8. The minimum absolute atomic E-state index is 0.0590. The van der Waals surface area contributed by atoms with Gasteiger partial charge < -0.3 is 15.5 Å². The molecule has 1 aliphatic heterocycles. The number of anilines is 1. The first-order chi connectivity index (χ1) is 13.6. The van der Waals surface area contributed by atoms with Gasteiger partial charge in [0.15, 0.2) is 0 Å². The Morgan fingerprint density at radius 2 is 1.64 bits per heavy atom. The summed E-state index contributed by atoms with van der Waals surface area (Å²) in [5.41, 5.74) is 3.18. The molecule has 0 atom stereocenters. The SMILES string of the molecule is CCc1ccc(NC(=O)N2CCC(CC(=O)NCc3ccccc3)CC2)cc1. The first-order valence-corrected chi connectivity index (χ1v) is 10.1. The number of hydrogen-bond donors (Lipinski definition) is 2. The van der Waals surface area contributed by atoms with Gasteiger partial charge in [0.05, 0.1) is 0 Å². The van der Waals surface area contributed by atoms with E-state index >= 15 is 0 Å². The number of carbonyl (C=O) groups excluding carboxylic acids is 2. The summed E-state index contributed by atoms with van der Waals surface area (Å²) >= 11 is 0. The van der Waals surface area contributed by atoms with Gasteiger partial charge in [-0.2, -0.15) is 0 Å². The van der Waals surface area contributed by atoms with Gasteiger partial charge in [0.2, 0.25) is 5.91 Å². The third-order valence-electron chi connectivity index (χ3n) is 5.32. The first kappa shape index (κ1) is 19.9. The van der Waals surface area contributed by atoms with Gasteiger partial charge in [-0.25, -0.2) is 4.79 Å². The molecule has 0 aliphatic carbocycles. The molecule has 1 fully saturated rings. The number of aryl methyl sites for hydroxylation is 1. The van der Waals surface area contributed by atoms with Crippen LogP contribution in [-0.4, -0.2) is 29.9 Å². The second kappa shape index (κ2) is 9.93. The van der Waals surface area contributed by atoms with Crippen molar-refractivity contribution in [3.05, 3.63) is 65.7 Å². The van der Waals surface area contributed by atoms with E-state index in [4.69, 9.17) is 0 Å². The number of nitrogens with one attached hydrogen (secondary N) is 2. The lowest BCUT2D eigenvalue weighted by Crippen LogP contribution is -2.41. The highest BCUT2D eigenvalue weighted by atomic mass is 16.2. The zero-order chi connectivity index (χ0) is 19.8. The van der Waals surface area contributed by atoms with Gasteiger partial charge in [0, 0.05) is 31.7 Å². The Labute approximate surface area is 167 Å². The third-order valence-corrected chi connectivity index (χ3v) is 5.32. The second-order valence-corrected chi connectivity index (χ2v) is 7.38. The van der Waals surface area contributed by atoms with Crippen LogP contribution in [0.4, 0.5) is 10.5 Å². The lowest BCUT2D eigenvalue weighted by atomic mass is 9.93. The molecule has 0 bridgehead atoms. The highest BCUT2D eigenvalue weighted by molar-refractivity contribution is 5.89. The Bertz CT molecular complexity index is 766. The second-order valence-electron chi connectivity index (χ2n) is 7.38. The first-order valence-electron chi connectivity index (χ1n) is 10.1. The maximum atomic E-state index is 12.4. The molecule has 0 saturated carbocycles. The van der Waals surface area contributed by atoms with E-state index in [2.05, 4.69) is 17.6 Å². The van der Waals surface area contributed by atoms with Crippen LogP contribution in [-0.2, 0) is 17.8 Å². The summed E-state index contributed by atoms with van der Waals surface area (Å²) in [6.45, 7) is 4.06. The monoisotopic (exact) mass is 379 g/mol. The number of rotatable bonds is 6. The number of urea groups is 1. The zero-order valence-electron chi connectivity index (χ0n) is 16.5. The Hall–Kier alpha value is -2.82. The maximum Gasteiger partial charge on any atom is 0.321 e. The van der Waals surface area contributed by atoms with Crippen LogP contribution in [0.2, 0.25) is 0 Å². The average Bonchev–Trinajstić information content (AvgIpc) is 2.74. The average molecular weight is 380 g/mol. The Kier molecular flexibility index (Phi) is 7.06. The van der Waals surface area contributed by atoms with Gasteiger partial charge in [-0.3, -0.25) is 4.79 Å². The van der Waals surface area contributed by atoms with Crippen LogP contribution < -0.4 is 10.6 Å². The van der Waals surface area contributed by atoms with Crippen molar-refractivity contribution in [3.63, 3.8) is 0 Å². The number of amides is 3. The fourth-order valence-corrected chi connectivity index (χ4v) is 3.50. The van der Waals surface area contributed by atoms with E-state index in [0.717, 1.165) is 30.5 Å². The van der Waals surface area contributed by atoms with Crippen molar-refractivity contribution in [2.45, 2.75) is 39.2 Å². The smallest absolute Gasteiger partial charge is 0.321 e. The normalized spacial score (nSPS) is 14.5. The molecule has 3 rings (SSSR count). The molecule has 2 aromatic carbocycles. The number of hydrogen-bond acceptors (Lipinski definition) is 2. The van der Waals surface area contributed by atoms with Crippen LogP contribution in [0.1, 0.15) is 37.3 Å². The number of likely N-dealkylation sites (tertiary alicyclic amines) is 1. The molecular formula is C23H29N3O2. The van der Waals surface area contributed by atoms with Gasteiger partial charge in [-0.05, 0) is 48.4 Å². The fraction of sp³-hybridized carbons (Fsp3) is 0.391. The van der Waals surface area contributed by atoms with Gasteiger partial charge in [-0.15, -0.1) is 0 Å². The van der Waals surface area contributed by atoms with Crippen LogP contribution in [0.15, 0.2) is 54.6 Å². The van der Waals surface area contributed by atoms with Crippen molar-refractivity contribution in [1.29, 1.82) is 0 Å². The molecule has 3 amide bonds. The lowest BCUT2D eigenvalue weighted by molar-refractivity contribution is -0.122. The lowest BCUT2D eigenvalue weighted by Gasteiger charge is -2.31. The third kappa shape index (κ3) is 5.84. The van der Waals surface area contributed by atoms with Gasteiger partial charge in [0.1, 0.15) is 0 Å². The Balaban J connectivity index is 1.38. The topological polar surface area (TPSA) is 61.4 Å². The standard InChI is InChI=1S/C23H29N3O2/c1-2-18-8-10-21(11-9-18)25-23(28)26-14-12-19(13-15-26)16-22(27)24-17-20-6-4-3-5-7-20/h3-11,19H,2,12-17H2,1H3,(H,24,27)(H,25,28).